The second-order valence-electron chi connectivity index (χ2n) is 9.30. The van der Waals surface area contributed by atoms with Gasteiger partial charge in [-0.1, -0.05) is 31.2 Å². The number of amides is 2. The first-order valence-electron chi connectivity index (χ1n) is 11.0. The highest BCUT2D eigenvalue weighted by molar-refractivity contribution is 5.91. The quantitative estimate of drug-likeness (QED) is 0.572. The molecule has 1 aliphatic heterocycles. The van der Waals surface area contributed by atoms with E-state index in [0.717, 1.165) is 29.9 Å². The Morgan fingerprint density at radius 3 is 2.77 bits per heavy atom. The summed E-state index contributed by atoms with van der Waals surface area (Å²) in [5.74, 6) is -0.143. The van der Waals surface area contributed by atoms with Crippen molar-refractivity contribution in [3.8, 4) is 11.3 Å². The van der Waals surface area contributed by atoms with Crippen molar-refractivity contribution in [3.63, 3.8) is 0 Å². The lowest BCUT2D eigenvalue weighted by Crippen LogP contribution is -2.49. The van der Waals surface area contributed by atoms with Gasteiger partial charge in [-0.05, 0) is 45.2 Å². The minimum absolute atomic E-state index is 0.0775. The molecule has 1 fully saturated rings. The highest BCUT2D eigenvalue weighted by atomic mass is 16.2. The number of hydrogen-bond acceptors (Lipinski definition) is 5. The van der Waals surface area contributed by atoms with Crippen LogP contribution in [0.4, 0.5) is 5.69 Å². The largest absolute Gasteiger partial charge is 0.385 e. The van der Waals surface area contributed by atoms with Crippen LogP contribution in [0.25, 0.3) is 11.3 Å². The maximum atomic E-state index is 13.0. The third-order valence-corrected chi connectivity index (χ3v) is 5.63. The summed E-state index contributed by atoms with van der Waals surface area (Å²) >= 11 is 0. The average molecular weight is 427 g/mol. The number of nitrogens with one attached hydrogen (secondary N) is 3. The Labute approximate surface area is 184 Å². The lowest BCUT2D eigenvalue weighted by Gasteiger charge is -2.28. The third-order valence-electron chi connectivity index (χ3n) is 5.63. The van der Waals surface area contributed by atoms with Crippen molar-refractivity contribution in [1.29, 1.82) is 0 Å². The van der Waals surface area contributed by atoms with Crippen LogP contribution in [0, 0.1) is 11.8 Å². The summed E-state index contributed by atoms with van der Waals surface area (Å²) in [5, 5.41) is 18.0. The van der Waals surface area contributed by atoms with E-state index >= 15 is 0 Å². The molecule has 0 radical (unpaired) electrons. The van der Waals surface area contributed by atoms with Gasteiger partial charge in [0, 0.05) is 35.8 Å². The molecule has 1 aromatic carbocycles. The molecule has 0 saturated carbocycles. The summed E-state index contributed by atoms with van der Waals surface area (Å²) in [7, 11) is 0. The van der Waals surface area contributed by atoms with Crippen LogP contribution in [0.2, 0.25) is 0 Å². The van der Waals surface area contributed by atoms with Gasteiger partial charge in [0.05, 0.1) is 18.7 Å². The van der Waals surface area contributed by atoms with Gasteiger partial charge in [-0.3, -0.25) is 9.59 Å². The van der Waals surface area contributed by atoms with E-state index in [1.54, 1.807) is 4.68 Å². The summed E-state index contributed by atoms with van der Waals surface area (Å²) in [4.78, 5) is 24.8. The molecule has 8 heteroatoms. The molecule has 0 aliphatic carbocycles. The van der Waals surface area contributed by atoms with E-state index in [1.165, 1.54) is 0 Å². The van der Waals surface area contributed by atoms with Crippen molar-refractivity contribution >= 4 is 17.5 Å². The van der Waals surface area contributed by atoms with Crippen molar-refractivity contribution in [2.45, 2.75) is 65.6 Å². The molecule has 8 nitrogen and oxygen atoms in total. The van der Waals surface area contributed by atoms with E-state index in [2.05, 4.69) is 53.1 Å². The van der Waals surface area contributed by atoms with Crippen molar-refractivity contribution in [3.05, 3.63) is 30.5 Å². The average Bonchev–Trinajstić information content (AvgIpc) is 3.24. The van der Waals surface area contributed by atoms with Crippen molar-refractivity contribution < 1.29 is 9.59 Å². The summed E-state index contributed by atoms with van der Waals surface area (Å²) < 4.78 is 1.78. The predicted octanol–water partition coefficient (Wildman–Crippen LogP) is 2.82. The van der Waals surface area contributed by atoms with Gasteiger partial charge < -0.3 is 16.0 Å². The zero-order valence-electron chi connectivity index (χ0n) is 19.1. The van der Waals surface area contributed by atoms with Gasteiger partial charge >= 0.3 is 0 Å². The lowest BCUT2D eigenvalue weighted by molar-refractivity contribution is -0.128. The Morgan fingerprint density at radius 1 is 1.35 bits per heavy atom. The Bertz CT molecular complexity index is 920. The molecule has 1 saturated heterocycles. The van der Waals surface area contributed by atoms with Crippen LogP contribution in [0.15, 0.2) is 30.5 Å². The molecule has 2 aromatic rings. The number of benzene rings is 1. The maximum absolute atomic E-state index is 13.0. The predicted molar refractivity (Wildman–Crippen MR) is 121 cm³/mol. The third kappa shape index (κ3) is 5.83. The molecule has 2 heterocycles. The van der Waals surface area contributed by atoms with Crippen LogP contribution in [0.3, 0.4) is 0 Å². The standard InChI is InChI=1S/C23H34N6O2/c1-6-24-17-9-7-8-16(11-17)20-14-29(28-27-20)13-18(10-15(2)3)25-22(31)19-12-21(30)26-23(19,4)5/h7-9,11,14-15,18-19,24H,6,10,12-13H2,1-5H3,(H,25,31)(H,26,30)/t18-,19?/m0/s1. The fourth-order valence-electron chi connectivity index (χ4n) is 4.15. The number of aromatic nitrogens is 3. The molecule has 3 rings (SSSR count). The molecule has 168 valence electrons. The van der Waals surface area contributed by atoms with Gasteiger partial charge in [0.25, 0.3) is 0 Å². The fraction of sp³-hybridized carbons (Fsp3) is 0.565. The van der Waals surface area contributed by atoms with Gasteiger partial charge in [0.2, 0.25) is 11.8 Å². The molecule has 3 N–H and O–H groups in total. The molecule has 0 bridgehead atoms. The van der Waals surface area contributed by atoms with E-state index in [9.17, 15) is 9.59 Å². The van der Waals surface area contributed by atoms with Crippen LogP contribution < -0.4 is 16.0 Å². The first-order chi connectivity index (χ1) is 14.7. The monoisotopic (exact) mass is 426 g/mol. The zero-order valence-corrected chi connectivity index (χ0v) is 19.1. The molecule has 1 aromatic heterocycles. The van der Waals surface area contributed by atoms with E-state index in [-0.39, 0.29) is 30.2 Å². The molecule has 1 aliphatic rings. The fourth-order valence-corrected chi connectivity index (χ4v) is 4.15. The summed E-state index contributed by atoms with van der Waals surface area (Å²) in [6.07, 6.45) is 2.95. The molecular formula is C23H34N6O2. The first kappa shape index (κ1) is 22.8. The van der Waals surface area contributed by atoms with Gasteiger partial charge in [0.15, 0.2) is 0 Å². The van der Waals surface area contributed by atoms with Crippen molar-refractivity contribution in [1.82, 2.24) is 25.6 Å². The van der Waals surface area contributed by atoms with Gasteiger partial charge in [-0.2, -0.15) is 0 Å². The zero-order chi connectivity index (χ0) is 22.6. The van der Waals surface area contributed by atoms with Crippen LogP contribution in [-0.2, 0) is 16.1 Å². The number of carbonyl (C=O) groups excluding carboxylic acids is 2. The maximum Gasteiger partial charge on any atom is 0.226 e. The summed E-state index contributed by atoms with van der Waals surface area (Å²) in [6, 6.07) is 7.98. The van der Waals surface area contributed by atoms with Gasteiger partial charge in [-0.25, -0.2) is 4.68 Å². The van der Waals surface area contributed by atoms with Crippen LogP contribution >= 0.6 is 0 Å². The van der Waals surface area contributed by atoms with Crippen LogP contribution in [-0.4, -0.2) is 44.9 Å². The Morgan fingerprint density at radius 2 is 2.13 bits per heavy atom. The molecule has 31 heavy (non-hydrogen) atoms. The van der Waals surface area contributed by atoms with Crippen LogP contribution in [0.1, 0.15) is 47.5 Å². The minimum atomic E-state index is -0.540. The molecule has 2 amide bonds. The topological polar surface area (TPSA) is 101 Å². The first-order valence-corrected chi connectivity index (χ1v) is 11.0. The van der Waals surface area contributed by atoms with Crippen molar-refractivity contribution in [2.24, 2.45) is 11.8 Å². The second kappa shape index (κ2) is 9.49. The second-order valence-corrected chi connectivity index (χ2v) is 9.30. The Kier molecular flexibility index (Phi) is 6.97. The Balaban J connectivity index is 1.71. The van der Waals surface area contributed by atoms with Gasteiger partial charge in [-0.15, -0.1) is 5.10 Å². The number of rotatable bonds is 9. The Hall–Kier alpha value is -2.90. The molecular weight excluding hydrogens is 392 g/mol. The van der Waals surface area contributed by atoms with Crippen LogP contribution in [0.5, 0.6) is 0 Å². The highest BCUT2D eigenvalue weighted by Gasteiger charge is 2.43. The van der Waals surface area contributed by atoms with E-state index < -0.39 is 5.54 Å². The highest BCUT2D eigenvalue weighted by Crippen LogP contribution is 2.27. The SMILES string of the molecule is CCNc1cccc(-c2cn(C[C@H](CC(C)C)NC(=O)C3CC(=O)NC3(C)C)nn2)c1. The summed E-state index contributed by atoms with van der Waals surface area (Å²) in [5.41, 5.74) is 2.29. The number of carbonyl (C=O) groups is 2. The molecule has 1 unspecified atom stereocenters. The molecule has 0 spiro atoms. The minimum Gasteiger partial charge on any atom is -0.385 e. The van der Waals surface area contributed by atoms with Crippen molar-refractivity contribution in [2.75, 3.05) is 11.9 Å². The van der Waals surface area contributed by atoms with E-state index in [0.29, 0.717) is 12.5 Å². The smallest absolute Gasteiger partial charge is 0.226 e. The normalized spacial score (nSPS) is 18.6. The summed E-state index contributed by atoms with van der Waals surface area (Å²) in [6.45, 7) is 11.5. The number of hydrogen-bond donors (Lipinski definition) is 3. The number of anilines is 1. The van der Waals surface area contributed by atoms with E-state index in [4.69, 9.17) is 0 Å². The van der Waals surface area contributed by atoms with Gasteiger partial charge in [0.1, 0.15) is 5.69 Å². The number of nitrogens with zero attached hydrogens (tertiary/aromatic N) is 3. The lowest BCUT2D eigenvalue weighted by atomic mass is 9.88. The van der Waals surface area contributed by atoms with E-state index in [1.807, 2.05) is 38.2 Å². The molecule has 2 atom stereocenters.